The molecule has 0 N–H and O–H groups in total. The second-order valence-corrected chi connectivity index (χ2v) is 2.84. The summed E-state index contributed by atoms with van der Waals surface area (Å²) in [5.74, 6) is 0.300. The highest BCUT2D eigenvalue weighted by atomic mass is 79.9. The molecule has 1 aromatic heterocycles. The van der Waals surface area contributed by atoms with Gasteiger partial charge < -0.3 is 17.0 Å². The lowest BCUT2D eigenvalue weighted by Crippen LogP contribution is -3.00. The van der Waals surface area contributed by atoms with Gasteiger partial charge in [-0.1, -0.05) is 13.0 Å². The molecule has 0 fully saturated rings. The zero-order valence-electron chi connectivity index (χ0n) is 7.74. The minimum absolute atomic E-state index is 0. The van der Waals surface area contributed by atoms with Crippen LogP contribution >= 0.6 is 0 Å². The Labute approximate surface area is 89.4 Å². The first-order chi connectivity index (χ1) is 5.83. The Hall–Kier alpha value is -0.700. The smallest absolute Gasteiger partial charge is 0.206 e. The van der Waals surface area contributed by atoms with Crippen molar-refractivity contribution in [2.24, 2.45) is 0 Å². The predicted octanol–water partition coefficient (Wildman–Crippen LogP) is -1.65. The molecule has 1 aromatic rings. The number of carbonyl (C=O) groups is 1. The monoisotopic (exact) mass is 243 g/mol. The SMILES string of the molecule is CCCC(=O)C[n+]1ccccc1.[Br-]. The number of Topliss-reactive ketones (excluding diaryl/α,β-unsaturated/α-hetero) is 1. The van der Waals surface area contributed by atoms with Crippen molar-refractivity contribution in [1.29, 1.82) is 0 Å². The lowest BCUT2D eigenvalue weighted by Gasteiger charge is -1.93. The van der Waals surface area contributed by atoms with Gasteiger partial charge in [-0.05, 0) is 6.42 Å². The Balaban J connectivity index is 0.00000144. The van der Waals surface area contributed by atoms with Crippen LogP contribution in [0, 0.1) is 0 Å². The van der Waals surface area contributed by atoms with Crippen molar-refractivity contribution in [3.8, 4) is 0 Å². The minimum atomic E-state index is 0. The van der Waals surface area contributed by atoms with Crippen molar-refractivity contribution in [2.75, 3.05) is 0 Å². The van der Waals surface area contributed by atoms with E-state index in [-0.39, 0.29) is 17.0 Å². The number of hydrogen-bond donors (Lipinski definition) is 0. The van der Waals surface area contributed by atoms with E-state index in [9.17, 15) is 4.79 Å². The van der Waals surface area contributed by atoms with Gasteiger partial charge >= 0.3 is 0 Å². The summed E-state index contributed by atoms with van der Waals surface area (Å²) in [6.45, 7) is 2.53. The fourth-order valence-electron chi connectivity index (χ4n) is 1.10. The maximum atomic E-state index is 11.2. The zero-order valence-corrected chi connectivity index (χ0v) is 9.33. The quantitative estimate of drug-likeness (QED) is 0.581. The summed E-state index contributed by atoms with van der Waals surface area (Å²) in [6.07, 6.45) is 5.44. The summed E-state index contributed by atoms with van der Waals surface area (Å²) in [5, 5.41) is 0. The Kier molecular flexibility index (Phi) is 6.41. The number of aromatic nitrogens is 1. The van der Waals surface area contributed by atoms with Gasteiger partial charge in [0.2, 0.25) is 6.54 Å². The standard InChI is InChI=1S/C10H14NO.BrH/c1-2-6-10(12)9-11-7-4-3-5-8-11;/h3-5,7-8H,2,6,9H2,1H3;1H/q+1;/p-1. The molecule has 0 atom stereocenters. The maximum Gasteiger partial charge on any atom is 0.206 e. The number of halogens is 1. The van der Waals surface area contributed by atoms with Crippen molar-refractivity contribution in [3.63, 3.8) is 0 Å². The van der Waals surface area contributed by atoms with Gasteiger partial charge in [0.25, 0.3) is 0 Å². The van der Waals surface area contributed by atoms with Gasteiger partial charge in [-0.2, -0.15) is 4.57 Å². The third kappa shape index (κ3) is 4.78. The first-order valence-corrected chi connectivity index (χ1v) is 4.28. The van der Waals surface area contributed by atoms with Crippen LogP contribution in [-0.2, 0) is 11.3 Å². The van der Waals surface area contributed by atoms with E-state index in [1.807, 2.05) is 42.1 Å². The van der Waals surface area contributed by atoms with E-state index in [1.54, 1.807) is 0 Å². The molecule has 3 heteroatoms. The van der Waals surface area contributed by atoms with Gasteiger partial charge in [-0.15, -0.1) is 0 Å². The van der Waals surface area contributed by atoms with Crippen LogP contribution in [0.25, 0.3) is 0 Å². The highest BCUT2D eigenvalue weighted by molar-refractivity contribution is 5.76. The highest BCUT2D eigenvalue weighted by Gasteiger charge is 2.05. The van der Waals surface area contributed by atoms with E-state index >= 15 is 0 Å². The minimum Gasteiger partial charge on any atom is -1.00 e. The van der Waals surface area contributed by atoms with Gasteiger partial charge in [0.1, 0.15) is 0 Å². The fourth-order valence-corrected chi connectivity index (χ4v) is 1.10. The second-order valence-electron chi connectivity index (χ2n) is 2.84. The summed E-state index contributed by atoms with van der Waals surface area (Å²) in [6, 6.07) is 5.80. The Morgan fingerprint density at radius 1 is 1.23 bits per heavy atom. The second kappa shape index (κ2) is 6.78. The number of rotatable bonds is 4. The van der Waals surface area contributed by atoms with E-state index in [4.69, 9.17) is 0 Å². The summed E-state index contributed by atoms with van der Waals surface area (Å²) in [7, 11) is 0. The largest absolute Gasteiger partial charge is 1.00 e. The summed E-state index contributed by atoms with van der Waals surface area (Å²) < 4.78 is 1.90. The average Bonchev–Trinajstić information content (AvgIpc) is 2.06. The molecule has 72 valence electrons. The first kappa shape index (κ1) is 12.3. The average molecular weight is 244 g/mol. The van der Waals surface area contributed by atoms with Crippen LogP contribution in [0.15, 0.2) is 30.6 Å². The van der Waals surface area contributed by atoms with Crippen molar-refractivity contribution in [1.82, 2.24) is 0 Å². The molecular weight excluding hydrogens is 230 g/mol. The molecule has 0 spiro atoms. The first-order valence-electron chi connectivity index (χ1n) is 4.28. The van der Waals surface area contributed by atoms with Crippen LogP contribution < -0.4 is 21.5 Å². The molecule has 0 saturated heterocycles. The molecule has 2 nitrogen and oxygen atoms in total. The van der Waals surface area contributed by atoms with Crippen LogP contribution in [0.1, 0.15) is 19.8 Å². The van der Waals surface area contributed by atoms with Gasteiger partial charge in [-0.3, -0.25) is 4.79 Å². The normalized spacial score (nSPS) is 9.00. The lowest BCUT2D eigenvalue weighted by molar-refractivity contribution is -0.684. The lowest BCUT2D eigenvalue weighted by atomic mass is 10.2. The highest BCUT2D eigenvalue weighted by Crippen LogP contribution is 1.88. The van der Waals surface area contributed by atoms with E-state index in [0.29, 0.717) is 18.7 Å². The molecular formula is C10H14BrNO. The molecule has 0 saturated carbocycles. The third-order valence-corrected chi connectivity index (χ3v) is 1.67. The zero-order chi connectivity index (χ0) is 8.81. The van der Waals surface area contributed by atoms with Crippen LogP contribution in [-0.4, -0.2) is 5.78 Å². The Bertz CT molecular complexity index is 248. The van der Waals surface area contributed by atoms with Gasteiger partial charge in [0.15, 0.2) is 18.2 Å². The Morgan fingerprint density at radius 3 is 2.38 bits per heavy atom. The van der Waals surface area contributed by atoms with Crippen molar-refractivity contribution >= 4 is 5.78 Å². The van der Waals surface area contributed by atoms with Crippen molar-refractivity contribution < 1.29 is 26.3 Å². The van der Waals surface area contributed by atoms with Crippen molar-refractivity contribution in [3.05, 3.63) is 30.6 Å². The van der Waals surface area contributed by atoms with Gasteiger partial charge in [0.05, 0.1) is 0 Å². The number of hydrogen-bond acceptors (Lipinski definition) is 1. The molecule has 0 aromatic carbocycles. The predicted molar refractivity (Wildman–Crippen MR) is 46.6 cm³/mol. The molecule has 0 aliphatic rings. The van der Waals surface area contributed by atoms with E-state index in [2.05, 4.69) is 0 Å². The van der Waals surface area contributed by atoms with Gasteiger partial charge in [0, 0.05) is 18.6 Å². The van der Waals surface area contributed by atoms with Crippen molar-refractivity contribution in [2.45, 2.75) is 26.3 Å². The molecule has 0 bridgehead atoms. The summed E-state index contributed by atoms with van der Waals surface area (Å²) >= 11 is 0. The van der Waals surface area contributed by atoms with Crippen LogP contribution in [0.5, 0.6) is 0 Å². The molecule has 13 heavy (non-hydrogen) atoms. The van der Waals surface area contributed by atoms with Crippen LogP contribution in [0.4, 0.5) is 0 Å². The molecule has 0 aliphatic heterocycles. The van der Waals surface area contributed by atoms with Crippen LogP contribution in [0.3, 0.4) is 0 Å². The number of pyridine rings is 1. The number of carbonyl (C=O) groups excluding carboxylic acids is 1. The van der Waals surface area contributed by atoms with E-state index < -0.39 is 0 Å². The molecule has 0 aliphatic carbocycles. The summed E-state index contributed by atoms with van der Waals surface area (Å²) in [5.41, 5.74) is 0. The number of ketones is 1. The molecule has 1 heterocycles. The van der Waals surface area contributed by atoms with Crippen LogP contribution in [0.2, 0.25) is 0 Å². The van der Waals surface area contributed by atoms with Gasteiger partial charge in [-0.25, -0.2) is 0 Å². The Morgan fingerprint density at radius 2 is 1.85 bits per heavy atom. The molecule has 0 unspecified atom stereocenters. The van der Waals surface area contributed by atoms with E-state index in [0.717, 1.165) is 6.42 Å². The molecule has 0 radical (unpaired) electrons. The topological polar surface area (TPSA) is 20.9 Å². The maximum absolute atomic E-state index is 11.2. The molecule has 1 rings (SSSR count). The third-order valence-electron chi connectivity index (χ3n) is 1.67. The summed E-state index contributed by atoms with van der Waals surface area (Å²) in [4.78, 5) is 11.2. The fraction of sp³-hybridized carbons (Fsp3) is 0.400. The molecule has 0 amide bonds. The van der Waals surface area contributed by atoms with E-state index in [1.165, 1.54) is 0 Å². The number of nitrogens with zero attached hydrogens (tertiary/aromatic N) is 1.